The van der Waals surface area contributed by atoms with Gasteiger partial charge in [0.05, 0.1) is 5.02 Å². The second-order valence-electron chi connectivity index (χ2n) is 4.15. The summed E-state index contributed by atoms with van der Waals surface area (Å²) in [6.07, 6.45) is 0. The highest BCUT2D eigenvalue weighted by atomic mass is 79.9. The Kier molecular flexibility index (Phi) is 4.45. The van der Waals surface area contributed by atoms with Crippen LogP contribution in [0.5, 0.6) is 11.5 Å². The van der Waals surface area contributed by atoms with Crippen LogP contribution in [-0.4, -0.2) is 0 Å². The minimum absolute atomic E-state index is 0.0313. The van der Waals surface area contributed by atoms with Crippen LogP contribution in [0.2, 0.25) is 5.02 Å². The largest absolute Gasteiger partial charge is 0.457 e. The molecule has 2 rings (SSSR count). The summed E-state index contributed by atoms with van der Waals surface area (Å²) in [6.45, 7) is 1.90. The minimum Gasteiger partial charge on any atom is -0.457 e. The maximum absolute atomic E-state index is 13.0. The fourth-order valence-electron chi connectivity index (χ4n) is 1.62. The van der Waals surface area contributed by atoms with Crippen molar-refractivity contribution in [3.63, 3.8) is 0 Å². The predicted octanol–water partition coefficient (Wildman–Crippen LogP) is 5.05. The van der Waals surface area contributed by atoms with Crippen LogP contribution >= 0.6 is 27.5 Å². The molecule has 5 heteroatoms. The molecule has 0 bridgehead atoms. The highest BCUT2D eigenvalue weighted by molar-refractivity contribution is 9.10. The first-order valence-electron chi connectivity index (χ1n) is 5.65. The summed E-state index contributed by atoms with van der Waals surface area (Å²) in [7, 11) is 0. The lowest BCUT2D eigenvalue weighted by atomic mass is 10.1. The summed E-state index contributed by atoms with van der Waals surface area (Å²) >= 11 is 9.14. The molecule has 2 nitrogen and oxygen atoms in total. The van der Waals surface area contributed by atoms with Gasteiger partial charge >= 0.3 is 0 Å². The molecule has 0 unspecified atom stereocenters. The van der Waals surface area contributed by atoms with E-state index in [9.17, 15) is 4.39 Å². The van der Waals surface area contributed by atoms with Gasteiger partial charge in [-0.2, -0.15) is 0 Å². The van der Waals surface area contributed by atoms with Crippen molar-refractivity contribution in [1.82, 2.24) is 0 Å². The van der Waals surface area contributed by atoms with E-state index in [1.165, 1.54) is 18.2 Å². The monoisotopic (exact) mass is 343 g/mol. The van der Waals surface area contributed by atoms with Crippen molar-refractivity contribution < 1.29 is 9.13 Å². The van der Waals surface area contributed by atoms with Gasteiger partial charge in [-0.05, 0) is 36.8 Å². The minimum atomic E-state index is -0.470. The Labute approximate surface area is 124 Å². The summed E-state index contributed by atoms with van der Waals surface area (Å²) in [5, 5.41) is 0.0313. The molecule has 0 amide bonds. The summed E-state index contributed by atoms with van der Waals surface area (Å²) in [5.74, 6) is 0.633. The van der Waals surface area contributed by atoms with Crippen molar-refractivity contribution >= 4 is 27.5 Å². The lowest BCUT2D eigenvalue weighted by Crippen LogP contribution is -2.05. The number of nitrogens with two attached hydrogens (primary N) is 1. The molecule has 2 aromatic rings. The molecule has 2 N–H and O–H groups in total. The lowest BCUT2D eigenvalue weighted by molar-refractivity contribution is 0.480. The van der Waals surface area contributed by atoms with E-state index in [2.05, 4.69) is 15.9 Å². The normalized spacial score (nSPS) is 12.3. The van der Waals surface area contributed by atoms with Gasteiger partial charge in [0.15, 0.2) is 0 Å². The predicted molar refractivity (Wildman–Crippen MR) is 78.2 cm³/mol. The molecule has 0 saturated heterocycles. The van der Waals surface area contributed by atoms with Gasteiger partial charge < -0.3 is 10.5 Å². The molecule has 0 saturated carbocycles. The first kappa shape index (κ1) is 14.3. The standard InChI is InChI=1S/C14H12BrClFNO/c1-8(18)11-4-2-9(6-12(11)15)19-10-3-5-14(17)13(16)7-10/h2-8H,18H2,1H3/t8-/m1/s1. The second kappa shape index (κ2) is 5.90. The number of hydrogen-bond donors (Lipinski definition) is 1. The highest BCUT2D eigenvalue weighted by Gasteiger charge is 2.08. The van der Waals surface area contributed by atoms with Crippen LogP contribution in [0.15, 0.2) is 40.9 Å². The third-order valence-electron chi connectivity index (χ3n) is 2.59. The molecule has 0 radical (unpaired) electrons. The number of benzene rings is 2. The maximum Gasteiger partial charge on any atom is 0.142 e. The molecule has 0 aromatic heterocycles. The van der Waals surface area contributed by atoms with Crippen molar-refractivity contribution in [3.05, 3.63) is 57.3 Å². The number of halogens is 3. The van der Waals surface area contributed by atoms with Gasteiger partial charge in [0.1, 0.15) is 17.3 Å². The summed E-state index contributed by atoms with van der Waals surface area (Å²) in [6, 6.07) is 9.66. The van der Waals surface area contributed by atoms with Crippen molar-refractivity contribution in [2.45, 2.75) is 13.0 Å². The van der Waals surface area contributed by atoms with Gasteiger partial charge in [0.2, 0.25) is 0 Å². The Morgan fingerprint density at radius 1 is 1.21 bits per heavy atom. The number of ether oxygens (including phenoxy) is 1. The van der Waals surface area contributed by atoms with Crippen molar-refractivity contribution in [3.8, 4) is 11.5 Å². The zero-order chi connectivity index (χ0) is 14.0. The molecule has 19 heavy (non-hydrogen) atoms. The Hall–Kier alpha value is -1.10. The van der Waals surface area contributed by atoms with Crippen LogP contribution < -0.4 is 10.5 Å². The van der Waals surface area contributed by atoms with E-state index in [0.717, 1.165) is 10.0 Å². The van der Waals surface area contributed by atoms with Crippen LogP contribution in [0.1, 0.15) is 18.5 Å². The summed E-state index contributed by atoms with van der Waals surface area (Å²) < 4.78 is 19.5. The van der Waals surface area contributed by atoms with Crippen LogP contribution in [0, 0.1) is 5.82 Å². The average Bonchev–Trinajstić information content (AvgIpc) is 2.33. The fourth-order valence-corrected chi connectivity index (χ4v) is 2.51. The van der Waals surface area contributed by atoms with Crippen molar-refractivity contribution in [2.24, 2.45) is 5.73 Å². The number of rotatable bonds is 3. The van der Waals surface area contributed by atoms with Crippen LogP contribution in [-0.2, 0) is 0 Å². The van der Waals surface area contributed by atoms with Gasteiger partial charge in [0, 0.05) is 16.6 Å². The topological polar surface area (TPSA) is 35.2 Å². The smallest absolute Gasteiger partial charge is 0.142 e. The Bertz CT molecular complexity index is 604. The molecule has 0 aliphatic rings. The zero-order valence-corrected chi connectivity index (χ0v) is 12.5. The molecule has 100 valence electrons. The van der Waals surface area contributed by atoms with E-state index in [1.807, 2.05) is 19.1 Å². The molecule has 0 aliphatic heterocycles. The van der Waals surface area contributed by atoms with Gasteiger partial charge in [0.25, 0.3) is 0 Å². The molecule has 0 aliphatic carbocycles. The Balaban J connectivity index is 2.24. The molecule has 1 atom stereocenters. The molecule has 0 spiro atoms. The Morgan fingerprint density at radius 2 is 1.84 bits per heavy atom. The van der Waals surface area contributed by atoms with Crippen molar-refractivity contribution in [2.75, 3.05) is 0 Å². The van der Waals surface area contributed by atoms with E-state index >= 15 is 0 Å². The third-order valence-corrected chi connectivity index (χ3v) is 3.57. The van der Waals surface area contributed by atoms with E-state index < -0.39 is 5.82 Å². The van der Waals surface area contributed by atoms with Gasteiger partial charge in [-0.15, -0.1) is 0 Å². The summed E-state index contributed by atoms with van der Waals surface area (Å²) in [5.41, 5.74) is 6.81. The molecule has 0 heterocycles. The van der Waals surface area contributed by atoms with Gasteiger partial charge in [-0.1, -0.05) is 33.6 Å². The third kappa shape index (κ3) is 3.47. The highest BCUT2D eigenvalue weighted by Crippen LogP contribution is 2.30. The molecular formula is C14H12BrClFNO. The average molecular weight is 345 g/mol. The maximum atomic E-state index is 13.0. The first-order chi connectivity index (χ1) is 8.97. The first-order valence-corrected chi connectivity index (χ1v) is 6.82. The van der Waals surface area contributed by atoms with Gasteiger partial charge in [-0.3, -0.25) is 0 Å². The van der Waals surface area contributed by atoms with E-state index in [4.69, 9.17) is 22.1 Å². The molecule has 0 fully saturated rings. The van der Waals surface area contributed by atoms with E-state index in [-0.39, 0.29) is 11.1 Å². The van der Waals surface area contributed by atoms with Crippen LogP contribution in [0.3, 0.4) is 0 Å². The summed E-state index contributed by atoms with van der Waals surface area (Å²) in [4.78, 5) is 0. The van der Waals surface area contributed by atoms with Gasteiger partial charge in [-0.25, -0.2) is 4.39 Å². The molecular weight excluding hydrogens is 333 g/mol. The Morgan fingerprint density at radius 3 is 2.42 bits per heavy atom. The van der Waals surface area contributed by atoms with Crippen molar-refractivity contribution in [1.29, 1.82) is 0 Å². The number of hydrogen-bond acceptors (Lipinski definition) is 2. The lowest BCUT2D eigenvalue weighted by Gasteiger charge is -2.11. The quantitative estimate of drug-likeness (QED) is 0.845. The SMILES string of the molecule is C[C@@H](N)c1ccc(Oc2ccc(F)c(Cl)c2)cc1Br. The molecule has 2 aromatic carbocycles. The zero-order valence-electron chi connectivity index (χ0n) is 10.2. The fraction of sp³-hybridized carbons (Fsp3) is 0.143. The van der Waals surface area contributed by atoms with Crippen LogP contribution in [0.4, 0.5) is 4.39 Å². The second-order valence-corrected chi connectivity index (χ2v) is 5.41. The van der Waals surface area contributed by atoms with Crippen LogP contribution in [0.25, 0.3) is 0 Å². The van der Waals surface area contributed by atoms with E-state index in [0.29, 0.717) is 11.5 Å². The van der Waals surface area contributed by atoms with E-state index in [1.54, 1.807) is 6.07 Å².